The van der Waals surface area contributed by atoms with Crippen LogP contribution in [-0.2, 0) is 0 Å². The first-order valence-electron chi connectivity index (χ1n) is 5.52. The molecule has 110 valence electrons. The highest BCUT2D eigenvalue weighted by molar-refractivity contribution is 5.62. The lowest BCUT2D eigenvalue weighted by Gasteiger charge is -2.07. The number of pyridine rings is 1. The summed E-state index contributed by atoms with van der Waals surface area (Å²) in [7, 11) is 0. The molecule has 1 aromatic carbocycles. The standard InChI is InChI=1S/C12H5F5N2O2/c13-6-4-7(14)11(19-10(6)15)18-5-1-2-8-9(3-5)21-12(16,17)20-8/h1-4H,(H,18,19). The molecule has 0 bridgehead atoms. The van der Waals surface area contributed by atoms with E-state index >= 15 is 0 Å². The molecule has 0 radical (unpaired) electrons. The highest BCUT2D eigenvalue weighted by Gasteiger charge is 2.43. The zero-order chi connectivity index (χ0) is 15.2. The zero-order valence-electron chi connectivity index (χ0n) is 9.96. The summed E-state index contributed by atoms with van der Waals surface area (Å²) < 4.78 is 73.1. The first-order chi connectivity index (χ1) is 9.84. The van der Waals surface area contributed by atoms with Crippen LogP contribution >= 0.6 is 0 Å². The number of alkyl halides is 2. The van der Waals surface area contributed by atoms with E-state index in [2.05, 4.69) is 19.8 Å². The molecule has 21 heavy (non-hydrogen) atoms. The molecule has 0 fully saturated rings. The van der Waals surface area contributed by atoms with Crippen LogP contribution in [0.4, 0.5) is 33.5 Å². The number of hydrogen-bond acceptors (Lipinski definition) is 4. The van der Waals surface area contributed by atoms with Gasteiger partial charge < -0.3 is 14.8 Å². The average molecular weight is 304 g/mol. The minimum Gasteiger partial charge on any atom is -0.395 e. The molecule has 0 unspecified atom stereocenters. The molecule has 0 atom stereocenters. The van der Waals surface area contributed by atoms with Crippen molar-refractivity contribution in [1.82, 2.24) is 4.98 Å². The molecular formula is C12H5F5N2O2. The van der Waals surface area contributed by atoms with Crippen LogP contribution < -0.4 is 14.8 Å². The minimum atomic E-state index is -3.79. The Morgan fingerprint density at radius 1 is 0.952 bits per heavy atom. The Morgan fingerprint density at radius 3 is 2.43 bits per heavy atom. The van der Waals surface area contributed by atoms with Crippen LogP contribution in [0.5, 0.6) is 11.5 Å². The van der Waals surface area contributed by atoms with Gasteiger partial charge in [0.25, 0.3) is 5.95 Å². The minimum absolute atomic E-state index is 0.0764. The summed E-state index contributed by atoms with van der Waals surface area (Å²) in [6.45, 7) is 0. The van der Waals surface area contributed by atoms with Gasteiger partial charge in [-0.25, -0.2) is 8.78 Å². The normalized spacial score (nSPS) is 15.1. The summed E-state index contributed by atoms with van der Waals surface area (Å²) in [6.07, 6.45) is -3.79. The number of nitrogens with zero attached hydrogens (tertiary/aromatic N) is 1. The first-order valence-corrected chi connectivity index (χ1v) is 5.52. The van der Waals surface area contributed by atoms with Gasteiger partial charge >= 0.3 is 6.29 Å². The van der Waals surface area contributed by atoms with Gasteiger partial charge in [-0.3, -0.25) is 0 Å². The van der Waals surface area contributed by atoms with E-state index < -0.39 is 29.7 Å². The van der Waals surface area contributed by atoms with Crippen molar-refractivity contribution in [3.05, 3.63) is 41.8 Å². The highest BCUT2D eigenvalue weighted by atomic mass is 19.3. The number of halogens is 5. The van der Waals surface area contributed by atoms with Gasteiger partial charge in [0, 0.05) is 17.8 Å². The topological polar surface area (TPSA) is 43.4 Å². The van der Waals surface area contributed by atoms with Gasteiger partial charge in [-0.05, 0) is 12.1 Å². The number of fused-ring (bicyclic) bond motifs is 1. The largest absolute Gasteiger partial charge is 0.586 e. The third kappa shape index (κ3) is 2.54. The quantitative estimate of drug-likeness (QED) is 0.680. The monoisotopic (exact) mass is 304 g/mol. The first kappa shape index (κ1) is 13.4. The lowest BCUT2D eigenvalue weighted by Crippen LogP contribution is -2.25. The maximum Gasteiger partial charge on any atom is 0.586 e. The van der Waals surface area contributed by atoms with Crippen molar-refractivity contribution < 1.29 is 31.4 Å². The smallest absolute Gasteiger partial charge is 0.395 e. The Morgan fingerprint density at radius 2 is 1.67 bits per heavy atom. The van der Waals surface area contributed by atoms with Crippen molar-refractivity contribution in [2.24, 2.45) is 0 Å². The van der Waals surface area contributed by atoms with Crippen molar-refractivity contribution in [3.8, 4) is 11.5 Å². The molecule has 2 aromatic rings. The number of rotatable bonds is 2. The number of nitrogens with one attached hydrogen (secondary N) is 1. The van der Waals surface area contributed by atoms with Crippen LogP contribution in [0.3, 0.4) is 0 Å². The number of ether oxygens (including phenoxy) is 2. The fraction of sp³-hybridized carbons (Fsp3) is 0.0833. The molecule has 9 heteroatoms. The summed E-state index contributed by atoms with van der Waals surface area (Å²) in [5.74, 6) is -5.16. The van der Waals surface area contributed by atoms with E-state index in [1.54, 1.807) is 0 Å². The van der Waals surface area contributed by atoms with Crippen LogP contribution in [0.15, 0.2) is 24.3 Å². The van der Waals surface area contributed by atoms with Crippen molar-refractivity contribution in [2.75, 3.05) is 5.32 Å². The molecule has 1 aliphatic rings. The lowest BCUT2D eigenvalue weighted by atomic mass is 10.2. The zero-order valence-corrected chi connectivity index (χ0v) is 9.96. The fourth-order valence-electron chi connectivity index (χ4n) is 1.70. The second-order valence-electron chi connectivity index (χ2n) is 4.05. The van der Waals surface area contributed by atoms with E-state index in [0.29, 0.717) is 6.07 Å². The summed E-state index contributed by atoms with van der Waals surface area (Å²) in [6, 6.07) is 3.80. The molecule has 0 aliphatic carbocycles. The summed E-state index contributed by atoms with van der Waals surface area (Å²) in [4.78, 5) is 3.04. The SMILES string of the molecule is Fc1cc(F)c(Nc2ccc3c(c2)OC(F)(F)O3)nc1F. The number of anilines is 2. The van der Waals surface area contributed by atoms with Gasteiger partial charge in [-0.15, -0.1) is 8.78 Å². The molecule has 1 aliphatic heterocycles. The molecule has 0 amide bonds. The Labute approximate surface area is 114 Å². The van der Waals surface area contributed by atoms with E-state index in [1.807, 2.05) is 0 Å². The van der Waals surface area contributed by atoms with Crippen molar-refractivity contribution in [1.29, 1.82) is 0 Å². The molecule has 0 saturated carbocycles. The van der Waals surface area contributed by atoms with E-state index in [-0.39, 0.29) is 17.2 Å². The Balaban J connectivity index is 1.89. The van der Waals surface area contributed by atoms with Crippen LogP contribution in [0.2, 0.25) is 0 Å². The number of aromatic nitrogens is 1. The molecule has 3 rings (SSSR count). The van der Waals surface area contributed by atoms with Crippen molar-refractivity contribution in [3.63, 3.8) is 0 Å². The van der Waals surface area contributed by atoms with Crippen LogP contribution in [-0.4, -0.2) is 11.3 Å². The van der Waals surface area contributed by atoms with Crippen LogP contribution in [0.1, 0.15) is 0 Å². The Kier molecular flexibility index (Phi) is 2.85. The predicted octanol–water partition coefficient (Wildman–Crippen LogP) is 3.56. The Bertz CT molecular complexity index is 723. The molecule has 0 saturated heterocycles. The molecular weight excluding hydrogens is 299 g/mol. The summed E-state index contributed by atoms with van der Waals surface area (Å²) in [5.41, 5.74) is 0.0764. The van der Waals surface area contributed by atoms with Gasteiger partial charge in [-0.1, -0.05) is 0 Å². The average Bonchev–Trinajstić information content (AvgIpc) is 2.69. The number of hydrogen-bond donors (Lipinski definition) is 1. The van der Waals surface area contributed by atoms with Gasteiger partial charge in [0.15, 0.2) is 29.0 Å². The molecule has 4 nitrogen and oxygen atoms in total. The van der Waals surface area contributed by atoms with E-state index in [0.717, 1.165) is 12.1 Å². The highest BCUT2D eigenvalue weighted by Crippen LogP contribution is 2.42. The third-order valence-corrected chi connectivity index (χ3v) is 2.55. The summed E-state index contributed by atoms with van der Waals surface area (Å²) in [5, 5.41) is 2.32. The molecule has 1 N–H and O–H groups in total. The fourth-order valence-corrected chi connectivity index (χ4v) is 1.70. The summed E-state index contributed by atoms with van der Waals surface area (Å²) >= 11 is 0. The van der Waals surface area contributed by atoms with Gasteiger partial charge in [-0.2, -0.15) is 9.37 Å². The van der Waals surface area contributed by atoms with E-state index in [4.69, 9.17) is 0 Å². The third-order valence-electron chi connectivity index (χ3n) is 2.55. The van der Waals surface area contributed by atoms with Crippen LogP contribution in [0, 0.1) is 17.6 Å². The maximum absolute atomic E-state index is 13.4. The second-order valence-corrected chi connectivity index (χ2v) is 4.05. The van der Waals surface area contributed by atoms with E-state index in [1.165, 1.54) is 6.07 Å². The van der Waals surface area contributed by atoms with Crippen LogP contribution in [0.25, 0.3) is 0 Å². The molecule has 0 spiro atoms. The second kappa shape index (κ2) is 4.47. The number of benzene rings is 1. The molecule has 2 heterocycles. The van der Waals surface area contributed by atoms with Crippen molar-refractivity contribution >= 4 is 11.5 Å². The van der Waals surface area contributed by atoms with Crippen molar-refractivity contribution in [2.45, 2.75) is 6.29 Å². The maximum atomic E-state index is 13.4. The van der Waals surface area contributed by atoms with Gasteiger partial charge in [0.05, 0.1) is 0 Å². The van der Waals surface area contributed by atoms with Gasteiger partial charge in [0.1, 0.15) is 0 Å². The molecule has 1 aromatic heterocycles. The predicted molar refractivity (Wildman–Crippen MR) is 60.0 cm³/mol. The van der Waals surface area contributed by atoms with E-state index in [9.17, 15) is 22.0 Å². The lowest BCUT2D eigenvalue weighted by molar-refractivity contribution is -0.286. The van der Waals surface area contributed by atoms with Gasteiger partial charge in [0.2, 0.25) is 0 Å². The Hall–Kier alpha value is -2.58.